The van der Waals surface area contributed by atoms with E-state index in [4.69, 9.17) is 4.74 Å². The summed E-state index contributed by atoms with van der Waals surface area (Å²) in [4.78, 5) is 16.4. The van der Waals surface area contributed by atoms with Gasteiger partial charge in [-0.25, -0.2) is 0 Å². The number of aromatic nitrogens is 1. The molecule has 0 saturated heterocycles. The van der Waals surface area contributed by atoms with E-state index >= 15 is 0 Å². The third-order valence-corrected chi connectivity index (χ3v) is 5.17. The largest absolute Gasteiger partial charge is 0.497 e. The van der Waals surface area contributed by atoms with Gasteiger partial charge in [-0.05, 0) is 36.2 Å². The molecule has 1 spiro atoms. The van der Waals surface area contributed by atoms with Crippen LogP contribution in [0.4, 0.5) is 5.69 Å². The molecule has 0 fully saturated rings. The van der Waals surface area contributed by atoms with Crippen molar-refractivity contribution in [3.05, 3.63) is 59.3 Å². The van der Waals surface area contributed by atoms with E-state index in [9.17, 15) is 4.79 Å². The molecule has 24 heavy (non-hydrogen) atoms. The van der Waals surface area contributed by atoms with Gasteiger partial charge in [0.25, 0.3) is 5.91 Å². The highest BCUT2D eigenvalue weighted by molar-refractivity contribution is 6.09. The molecule has 1 amide bonds. The van der Waals surface area contributed by atoms with Crippen molar-refractivity contribution in [1.82, 2.24) is 10.3 Å². The highest BCUT2D eigenvalue weighted by Gasteiger charge is 2.51. The molecular weight excluding hydrogens is 302 g/mol. The quantitative estimate of drug-likeness (QED) is 0.646. The number of benzene rings is 2. The Hall–Kier alpha value is -2.79. The number of rotatable bonds is 1. The Bertz CT molecular complexity index is 991. The molecular formula is C19H17N3O2. The van der Waals surface area contributed by atoms with E-state index in [1.165, 1.54) is 5.56 Å². The lowest BCUT2D eigenvalue weighted by atomic mass is 9.82. The van der Waals surface area contributed by atoms with Gasteiger partial charge in [-0.1, -0.05) is 18.2 Å². The van der Waals surface area contributed by atoms with Gasteiger partial charge < -0.3 is 15.0 Å². The summed E-state index contributed by atoms with van der Waals surface area (Å²) in [7, 11) is 1.67. The molecule has 3 N–H and O–H groups in total. The maximum Gasteiger partial charge on any atom is 0.255 e. The van der Waals surface area contributed by atoms with Gasteiger partial charge in [0.2, 0.25) is 0 Å². The normalized spacial score (nSPS) is 21.6. The molecule has 0 bridgehead atoms. The molecule has 0 saturated carbocycles. The Morgan fingerprint density at radius 1 is 1.17 bits per heavy atom. The van der Waals surface area contributed by atoms with Crippen molar-refractivity contribution in [3.63, 3.8) is 0 Å². The van der Waals surface area contributed by atoms with Crippen LogP contribution in [0.3, 0.4) is 0 Å². The van der Waals surface area contributed by atoms with Crippen molar-refractivity contribution in [3.8, 4) is 5.75 Å². The van der Waals surface area contributed by atoms with Crippen molar-refractivity contribution < 1.29 is 9.53 Å². The van der Waals surface area contributed by atoms with Gasteiger partial charge in [0.15, 0.2) is 5.54 Å². The van der Waals surface area contributed by atoms with Gasteiger partial charge in [-0.2, -0.15) is 0 Å². The number of carbonyl (C=O) groups is 1. The molecule has 5 rings (SSSR count). The van der Waals surface area contributed by atoms with Crippen LogP contribution in [0.25, 0.3) is 10.9 Å². The van der Waals surface area contributed by atoms with Gasteiger partial charge in [-0.15, -0.1) is 0 Å². The lowest BCUT2D eigenvalue weighted by molar-refractivity contribution is -0.120. The maximum absolute atomic E-state index is 13.0. The summed E-state index contributed by atoms with van der Waals surface area (Å²) in [5, 5.41) is 7.62. The average molecular weight is 319 g/mol. The van der Waals surface area contributed by atoms with Gasteiger partial charge in [-0.3, -0.25) is 10.1 Å². The molecule has 2 aromatic carbocycles. The molecule has 5 nitrogen and oxygen atoms in total. The van der Waals surface area contributed by atoms with Gasteiger partial charge in [0.1, 0.15) is 5.75 Å². The van der Waals surface area contributed by atoms with Gasteiger partial charge >= 0.3 is 0 Å². The minimum atomic E-state index is -0.837. The number of fused-ring (bicyclic) bond motifs is 6. The summed E-state index contributed by atoms with van der Waals surface area (Å²) in [6.07, 6.45) is 0.875. The minimum Gasteiger partial charge on any atom is -0.497 e. The van der Waals surface area contributed by atoms with Crippen molar-refractivity contribution in [2.75, 3.05) is 19.0 Å². The van der Waals surface area contributed by atoms with Crippen LogP contribution < -0.4 is 15.4 Å². The number of anilines is 1. The van der Waals surface area contributed by atoms with Gasteiger partial charge in [0.05, 0.1) is 12.8 Å². The molecule has 0 radical (unpaired) electrons. The first-order valence-electron chi connectivity index (χ1n) is 8.09. The van der Waals surface area contributed by atoms with E-state index < -0.39 is 5.54 Å². The fourth-order valence-electron chi connectivity index (χ4n) is 4.08. The molecule has 0 unspecified atom stereocenters. The van der Waals surface area contributed by atoms with Crippen molar-refractivity contribution in [2.24, 2.45) is 0 Å². The zero-order valence-corrected chi connectivity index (χ0v) is 13.3. The van der Waals surface area contributed by atoms with Crippen LogP contribution >= 0.6 is 0 Å². The fraction of sp³-hybridized carbons (Fsp3) is 0.211. The fourth-order valence-corrected chi connectivity index (χ4v) is 4.08. The first-order valence-corrected chi connectivity index (χ1v) is 8.09. The molecule has 120 valence electrons. The molecule has 1 atom stereocenters. The summed E-state index contributed by atoms with van der Waals surface area (Å²) in [6.45, 7) is 0.749. The lowest BCUT2D eigenvalue weighted by Gasteiger charge is -2.33. The second-order valence-electron chi connectivity index (χ2n) is 6.32. The van der Waals surface area contributed by atoms with Crippen LogP contribution in [0.1, 0.15) is 16.8 Å². The predicted octanol–water partition coefficient (Wildman–Crippen LogP) is 2.52. The number of hydrogen-bond acceptors (Lipinski definition) is 3. The number of ether oxygens (including phenoxy) is 1. The Morgan fingerprint density at radius 2 is 2.04 bits per heavy atom. The van der Waals surface area contributed by atoms with Gasteiger partial charge in [0, 0.05) is 28.7 Å². The zero-order valence-electron chi connectivity index (χ0n) is 13.3. The van der Waals surface area contributed by atoms with Crippen LogP contribution in [0.2, 0.25) is 0 Å². The lowest BCUT2D eigenvalue weighted by Crippen LogP contribution is -2.53. The second kappa shape index (κ2) is 4.61. The third kappa shape index (κ3) is 1.55. The highest BCUT2D eigenvalue weighted by atomic mass is 16.5. The first kappa shape index (κ1) is 13.6. The predicted molar refractivity (Wildman–Crippen MR) is 92.4 cm³/mol. The summed E-state index contributed by atoms with van der Waals surface area (Å²) >= 11 is 0. The smallest absolute Gasteiger partial charge is 0.255 e. The molecule has 1 aromatic heterocycles. The number of amides is 1. The molecule has 5 heteroatoms. The van der Waals surface area contributed by atoms with Crippen LogP contribution in [0.5, 0.6) is 5.75 Å². The van der Waals surface area contributed by atoms with E-state index in [1.807, 2.05) is 42.5 Å². The van der Waals surface area contributed by atoms with Crippen LogP contribution in [-0.2, 0) is 16.8 Å². The Balaban J connectivity index is 1.83. The molecule has 2 aliphatic heterocycles. The van der Waals surface area contributed by atoms with E-state index in [0.717, 1.165) is 46.6 Å². The monoisotopic (exact) mass is 319 g/mol. The number of hydrogen-bond donors (Lipinski definition) is 3. The molecule has 3 aromatic rings. The number of methoxy groups -OCH3 is 1. The Labute approximate surface area is 139 Å². The van der Waals surface area contributed by atoms with Crippen molar-refractivity contribution in [1.29, 1.82) is 0 Å². The summed E-state index contributed by atoms with van der Waals surface area (Å²) < 4.78 is 5.37. The average Bonchev–Trinajstić information content (AvgIpc) is 3.12. The molecule has 3 heterocycles. The van der Waals surface area contributed by atoms with Crippen molar-refractivity contribution >= 4 is 22.5 Å². The molecule has 0 aliphatic carbocycles. The Kier molecular flexibility index (Phi) is 2.62. The number of aromatic amines is 1. The van der Waals surface area contributed by atoms with E-state index in [0.29, 0.717) is 0 Å². The topological polar surface area (TPSA) is 66.1 Å². The second-order valence-corrected chi connectivity index (χ2v) is 6.32. The van der Waals surface area contributed by atoms with Crippen LogP contribution in [0, 0.1) is 0 Å². The van der Waals surface area contributed by atoms with Crippen molar-refractivity contribution in [2.45, 2.75) is 12.0 Å². The molecule has 2 aliphatic rings. The van der Waals surface area contributed by atoms with E-state index in [-0.39, 0.29) is 5.91 Å². The minimum absolute atomic E-state index is 0.0248. The van der Waals surface area contributed by atoms with E-state index in [2.05, 4.69) is 15.6 Å². The number of H-pyrrole nitrogens is 1. The number of nitrogens with one attached hydrogen (secondary N) is 3. The first-order chi connectivity index (χ1) is 11.7. The zero-order chi connectivity index (χ0) is 16.3. The summed E-state index contributed by atoms with van der Waals surface area (Å²) in [5.74, 6) is 0.802. The SMILES string of the molecule is COc1ccc2[nH]c3c(c2c1)CCN[C@]31C(=O)Nc2ccccc21. The van der Waals surface area contributed by atoms with E-state index in [1.54, 1.807) is 7.11 Å². The summed E-state index contributed by atoms with van der Waals surface area (Å²) in [6, 6.07) is 13.9. The number of para-hydroxylation sites is 1. The standard InChI is InChI=1S/C19H17N3O2/c1-24-11-6-7-15-13(10-11)12-8-9-20-19(17(12)21-15)14-4-2-3-5-16(14)22-18(19)23/h2-7,10,20-21H,8-9H2,1H3,(H,22,23)/t19-/m0/s1. The third-order valence-electron chi connectivity index (χ3n) is 5.17. The highest BCUT2D eigenvalue weighted by Crippen LogP contribution is 2.45. The maximum atomic E-state index is 13.0. The summed E-state index contributed by atoms with van der Waals surface area (Å²) in [5.41, 5.74) is 4.18. The van der Waals surface area contributed by atoms with Crippen LogP contribution in [-0.4, -0.2) is 24.5 Å². The van der Waals surface area contributed by atoms with Crippen LogP contribution in [0.15, 0.2) is 42.5 Å². The number of carbonyl (C=O) groups excluding carboxylic acids is 1. The Morgan fingerprint density at radius 3 is 2.92 bits per heavy atom.